The average molecular weight is 287 g/mol. The maximum Gasteiger partial charge on any atom is 0.232 e. The quantitative estimate of drug-likeness (QED) is 0.784. The van der Waals surface area contributed by atoms with Gasteiger partial charge in [0.15, 0.2) is 5.76 Å². The van der Waals surface area contributed by atoms with Crippen molar-refractivity contribution < 1.29 is 14.3 Å². The van der Waals surface area contributed by atoms with Crippen molar-refractivity contribution in [1.82, 2.24) is 0 Å². The van der Waals surface area contributed by atoms with Crippen molar-refractivity contribution in [2.45, 2.75) is 0 Å². The van der Waals surface area contributed by atoms with Gasteiger partial charge in [-0.2, -0.15) is 0 Å². The molecule has 0 atom stereocenters. The van der Waals surface area contributed by atoms with Gasteiger partial charge in [-0.1, -0.05) is 29.8 Å². The van der Waals surface area contributed by atoms with Crippen molar-refractivity contribution in [1.29, 1.82) is 0 Å². The highest BCUT2D eigenvalue weighted by atomic mass is 35.5. The van der Waals surface area contributed by atoms with Crippen molar-refractivity contribution in [3.05, 3.63) is 64.4 Å². The first-order chi connectivity index (χ1) is 9.69. The molecule has 3 nitrogen and oxygen atoms in total. The molecule has 0 saturated heterocycles. The molecule has 100 valence electrons. The molecule has 1 aliphatic rings. The van der Waals surface area contributed by atoms with Crippen molar-refractivity contribution >= 4 is 23.5 Å². The number of Topliss-reactive ketones (excluding diaryl/α,β-unsaturated/α-hetero) is 1. The fourth-order valence-corrected chi connectivity index (χ4v) is 2.22. The molecular formula is C16H11ClO3. The van der Waals surface area contributed by atoms with E-state index in [0.717, 1.165) is 5.56 Å². The van der Waals surface area contributed by atoms with Crippen LogP contribution in [-0.2, 0) is 0 Å². The second-order valence-electron chi connectivity index (χ2n) is 4.32. The summed E-state index contributed by atoms with van der Waals surface area (Å²) in [4.78, 5) is 12.3. The zero-order valence-corrected chi connectivity index (χ0v) is 11.5. The molecule has 0 amide bonds. The highest BCUT2D eigenvalue weighted by molar-refractivity contribution is 6.32. The van der Waals surface area contributed by atoms with Crippen LogP contribution in [0.1, 0.15) is 15.9 Å². The van der Waals surface area contributed by atoms with Gasteiger partial charge in [-0.05, 0) is 35.9 Å². The molecule has 2 aromatic carbocycles. The Morgan fingerprint density at radius 2 is 2.00 bits per heavy atom. The van der Waals surface area contributed by atoms with E-state index in [2.05, 4.69) is 0 Å². The number of hydrogen-bond acceptors (Lipinski definition) is 3. The van der Waals surface area contributed by atoms with Crippen LogP contribution in [0.3, 0.4) is 0 Å². The summed E-state index contributed by atoms with van der Waals surface area (Å²) in [6, 6.07) is 12.4. The number of hydrogen-bond donors (Lipinski definition) is 0. The zero-order valence-electron chi connectivity index (χ0n) is 10.7. The summed E-state index contributed by atoms with van der Waals surface area (Å²) >= 11 is 6.08. The fourth-order valence-electron chi connectivity index (χ4n) is 2.03. The number of carbonyl (C=O) groups excluding carboxylic acids is 1. The second-order valence-corrected chi connectivity index (χ2v) is 4.73. The number of allylic oxidation sites excluding steroid dienone is 1. The maximum atomic E-state index is 12.3. The van der Waals surface area contributed by atoms with E-state index in [9.17, 15) is 4.79 Å². The Morgan fingerprint density at radius 3 is 2.75 bits per heavy atom. The van der Waals surface area contributed by atoms with E-state index < -0.39 is 0 Å². The van der Waals surface area contributed by atoms with Crippen LogP contribution < -0.4 is 9.47 Å². The van der Waals surface area contributed by atoms with Gasteiger partial charge in [0.05, 0.1) is 12.7 Å². The van der Waals surface area contributed by atoms with E-state index in [1.165, 1.54) is 0 Å². The molecule has 0 radical (unpaired) electrons. The van der Waals surface area contributed by atoms with Crippen LogP contribution in [-0.4, -0.2) is 12.9 Å². The summed E-state index contributed by atoms with van der Waals surface area (Å²) in [7, 11) is 1.56. The van der Waals surface area contributed by atoms with Gasteiger partial charge in [0.1, 0.15) is 11.5 Å². The number of halogens is 1. The van der Waals surface area contributed by atoms with Crippen molar-refractivity contribution in [2.24, 2.45) is 0 Å². The highest BCUT2D eigenvalue weighted by Gasteiger charge is 2.27. The Bertz CT molecular complexity index is 719. The molecule has 4 heteroatoms. The summed E-state index contributed by atoms with van der Waals surface area (Å²) in [5, 5.41) is 0.574. The Morgan fingerprint density at radius 1 is 1.20 bits per heavy atom. The first kappa shape index (κ1) is 12.8. The summed E-state index contributed by atoms with van der Waals surface area (Å²) in [6.45, 7) is 0. The van der Waals surface area contributed by atoms with Crippen LogP contribution in [0.5, 0.6) is 11.5 Å². The number of ether oxygens (including phenoxy) is 2. The van der Waals surface area contributed by atoms with Gasteiger partial charge >= 0.3 is 0 Å². The molecule has 0 aromatic heterocycles. The number of rotatable bonds is 2. The van der Waals surface area contributed by atoms with Crippen LogP contribution in [0, 0.1) is 0 Å². The van der Waals surface area contributed by atoms with Gasteiger partial charge in [0, 0.05) is 5.02 Å². The van der Waals surface area contributed by atoms with Crippen LogP contribution >= 0.6 is 11.6 Å². The molecule has 0 spiro atoms. The molecule has 1 heterocycles. The maximum absolute atomic E-state index is 12.3. The fraction of sp³-hybridized carbons (Fsp3) is 0.0625. The molecule has 0 saturated carbocycles. The minimum Gasteiger partial charge on any atom is -0.497 e. The Hall–Kier alpha value is -2.26. The number of methoxy groups -OCH3 is 1. The lowest BCUT2D eigenvalue weighted by Crippen LogP contribution is -1.98. The average Bonchev–Trinajstić information content (AvgIpc) is 2.77. The summed E-state index contributed by atoms with van der Waals surface area (Å²) in [5.74, 6) is 1.26. The molecule has 1 aliphatic heterocycles. The molecule has 2 aromatic rings. The van der Waals surface area contributed by atoms with E-state index in [1.54, 1.807) is 37.5 Å². The molecule has 0 aliphatic carbocycles. The third-order valence-corrected chi connectivity index (χ3v) is 3.41. The highest BCUT2D eigenvalue weighted by Crippen LogP contribution is 2.34. The lowest BCUT2D eigenvalue weighted by atomic mass is 10.1. The topological polar surface area (TPSA) is 35.5 Å². The van der Waals surface area contributed by atoms with Crippen LogP contribution in [0.25, 0.3) is 6.08 Å². The van der Waals surface area contributed by atoms with Crippen LogP contribution in [0.2, 0.25) is 5.02 Å². The molecule has 0 N–H and O–H groups in total. The lowest BCUT2D eigenvalue weighted by Gasteiger charge is -2.01. The predicted octanol–water partition coefficient (Wildman–Crippen LogP) is 3.96. The first-order valence-corrected chi connectivity index (χ1v) is 6.43. The van der Waals surface area contributed by atoms with E-state index in [0.29, 0.717) is 22.1 Å². The summed E-state index contributed by atoms with van der Waals surface area (Å²) < 4.78 is 10.7. The number of ketones is 1. The Balaban J connectivity index is 2.00. The molecule has 3 rings (SSSR count). The minimum atomic E-state index is -0.168. The van der Waals surface area contributed by atoms with Gasteiger partial charge in [-0.3, -0.25) is 4.79 Å². The SMILES string of the molecule is COc1ccc2c(c1)C(=O)C(=Cc1ccccc1Cl)O2. The van der Waals surface area contributed by atoms with E-state index >= 15 is 0 Å². The van der Waals surface area contributed by atoms with Gasteiger partial charge in [-0.15, -0.1) is 0 Å². The van der Waals surface area contributed by atoms with E-state index in [4.69, 9.17) is 21.1 Å². The summed E-state index contributed by atoms with van der Waals surface area (Å²) in [5.41, 5.74) is 1.25. The normalized spacial score (nSPS) is 15.1. The third-order valence-electron chi connectivity index (χ3n) is 3.07. The largest absolute Gasteiger partial charge is 0.497 e. The van der Waals surface area contributed by atoms with Gasteiger partial charge in [-0.25, -0.2) is 0 Å². The van der Waals surface area contributed by atoms with Gasteiger partial charge in [0.25, 0.3) is 0 Å². The first-order valence-electron chi connectivity index (χ1n) is 6.06. The second kappa shape index (κ2) is 5.02. The number of carbonyl (C=O) groups is 1. The van der Waals surface area contributed by atoms with Crippen LogP contribution in [0.4, 0.5) is 0 Å². The van der Waals surface area contributed by atoms with E-state index in [-0.39, 0.29) is 11.5 Å². The predicted molar refractivity (Wildman–Crippen MR) is 77.4 cm³/mol. The Labute approximate surface area is 121 Å². The minimum absolute atomic E-state index is 0.168. The van der Waals surface area contributed by atoms with Crippen molar-refractivity contribution in [2.75, 3.05) is 7.11 Å². The van der Waals surface area contributed by atoms with E-state index in [1.807, 2.05) is 18.2 Å². The molecule has 0 bridgehead atoms. The Kier molecular flexibility index (Phi) is 3.20. The van der Waals surface area contributed by atoms with Crippen LogP contribution in [0.15, 0.2) is 48.2 Å². The smallest absolute Gasteiger partial charge is 0.232 e. The third kappa shape index (κ3) is 2.17. The number of fused-ring (bicyclic) bond motifs is 1. The van der Waals surface area contributed by atoms with Gasteiger partial charge in [0.2, 0.25) is 5.78 Å². The molecular weight excluding hydrogens is 276 g/mol. The molecule has 0 unspecified atom stereocenters. The molecule has 20 heavy (non-hydrogen) atoms. The zero-order chi connectivity index (χ0) is 14.1. The lowest BCUT2D eigenvalue weighted by molar-refractivity contribution is 0.101. The summed E-state index contributed by atoms with van der Waals surface area (Å²) in [6.07, 6.45) is 1.65. The monoisotopic (exact) mass is 286 g/mol. The number of benzene rings is 2. The standard InChI is InChI=1S/C16H11ClO3/c1-19-11-6-7-14-12(9-11)16(18)15(20-14)8-10-4-2-3-5-13(10)17/h2-9H,1H3. The van der Waals surface area contributed by atoms with Crippen molar-refractivity contribution in [3.63, 3.8) is 0 Å². The van der Waals surface area contributed by atoms with Gasteiger partial charge < -0.3 is 9.47 Å². The van der Waals surface area contributed by atoms with Crippen molar-refractivity contribution in [3.8, 4) is 11.5 Å². The molecule has 0 fully saturated rings.